The van der Waals surface area contributed by atoms with Gasteiger partial charge in [-0.15, -0.1) is 11.3 Å². The molecule has 26 heavy (non-hydrogen) atoms. The first-order chi connectivity index (χ1) is 12.6. The van der Waals surface area contributed by atoms with Gasteiger partial charge in [-0.2, -0.15) is 0 Å². The Morgan fingerprint density at radius 2 is 2.27 bits per heavy atom. The number of aromatic nitrogens is 1. The highest BCUT2D eigenvalue weighted by molar-refractivity contribution is 7.15. The molecule has 1 aromatic carbocycles. The molecule has 1 N–H and O–H groups in total. The second-order valence-electron chi connectivity index (χ2n) is 6.07. The summed E-state index contributed by atoms with van der Waals surface area (Å²) in [4.78, 5) is 16.9. The molecular formula is C18H20F2N2O3S. The summed E-state index contributed by atoms with van der Waals surface area (Å²) in [6, 6.07) is 3.80. The van der Waals surface area contributed by atoms with E-state index < -0.39 is 11.6 Å². The van der Waals surface area contributed by atoms with E-state index in [2.05, 4.69) is 10.3 Å². The molecule has 1 atom stereocenters. The Hall–Kier alpha value is -1.90. The number of thiazole rings is 1. The van der Waals surface area contributed by atoms with Crippen LogP contribution in [0, 0.1) is 11.6 Å². The van der Waals surface area contributed by atoms with Gasteiger partial charge in [0.1, 0.15) is 0 Å². The molecule has 0 saturated carbocycles. The maximum atomic E-state index is 13.2. The number of nitrogens with one attached hydrogen (secondary N) is 1. The van der Waals surface area contributed by atoms with Crippen LogP contribution in [0.5, 0.6) is 0 Å². The summed E-state index contributed by atoms with van der Waals surface area (Å²) in [5.74, 6) is -1.91. The van der Waals surface area contributed by atoms with Crippen molar-refractivity contribution < 1.29 is 23.0 Å². The van der Waals surface area contributed by atoms with Gasteiger partial charge in [-0.1, -0.05) is 6.07 Å². The molecule has 0 radical (unpaired) electrons. The van der Waals surface area contributed by atoms with E-state index in [4.69, 9.17) is 9.47 Å². The molecule has 1 aliphatic rings. The number of benzene rings is 1. The van der Waals surface area contributed by atoms with E-state index in [0.717, 1.165) is 30.4 Å². The molecule has 3 rings (SSSR count). The third-order valence-corrected chi connectivity index (χ3v) is 4.88. The highest BCUT2D eigenvalue weighted by Crippen LogP contribution is 2.22. The van der Waals surface area contributed by atoms with Crippen molar-refractivity contribution in [2.45, 2.75) is 31.8 Å². The fourth-order valence-corrected chi connectivity index (χ4v) is 3.50. The van der Waals surface area contributed by atoms with E-state index in [1.54, 1.807) is 6.20 Å². The average Bonchev–Trinajstić information content (AvgIpc) is 3.27. The largest absolute Gasteiger partial charge is 0.378 e. The van der Waals surface area contributed by atoms with Crippen LogP contribution in [0.3, 0.4) is 0 Å². The maximum Gasteiger partial charge on any atom is 0.228 e. The Morgan fingerprint density at radius 1 is 1.38 bits per heavy atom. The van der Waals surface area contributed by atoms with Crippen LogP contribution in [-0.4, -0.2) is 36.8 Å². The first kappa shape index (κ1) is 18.9. The Kier molecular flexibility index (Phi) is 6.65. The SMILES string of the molecule is O=C(CCOCC1CCCO1)Nc1ncc(Cc2ccc(F)c(F)c2)s1. The summed E-state index contributed by atoms with van der Waals surface area (Å²) in [6.45, 7) is 1.63. The van der Waals surface area contributed by atoms with Crippen LogP contribution in [0.15, 0.2) is 24.4 Å². The predicted octanol–water partition coefficient (Wildman–Crippen LogP) is 3.54. The highest BCUT2D eigenvalue weighted by Gasteiger charge is 2.15. The van der Waals surface area contributed by atoms with Gasteiger partial charge in [0.05, 0.1) is 25.7 Å². The summed E-state index contributed by atoms with van der Waals surface area (Å²) in [6.07, 6.45) is 4.50. The van der Waals surface area contributed by atoms with E-state index in [1.165, 1.54) is 23.5 Å². The quantitative estimate of drug-likeness (QED) is 0.710. The number of ether oxygens (including phenoxy) is 2. The van der Waals surface area contributed by atoms with Crippen molar-refractivity contribution in [1.29, 1.82) is 0 Å². The number of carbonyl (C=O) groups excluding carboxylic acids is 1. The van der Waals surface area contributed by atoms with Crippen LogP contribution >= 0.6 is 11.3 Å². The van der Waals surface area contributed by atoms with Crippen molar-refractivity contribution in [2.24, 2.45) is 0 Å². The molecule has 2 aromatic rings. The number of halogens is 2. The monoisotopic (exact) mass is 382 g/mol. The molecule has 1 unspecified atom stereocenters. The van der Waals surface area contributed by atoms with Crippen molar-refractivity contribution in [2.75, 3.05) is 25.1 Å². The molecule has 1 aromatic heterocycles. The third kappa shape index (κ3) is 5.55. The van der Waals surface area contributed by atoms with Gasteiger partial charge in [-0.05, 0) is 30.5 Å². The lowest BCUT2D eigenvalue weighted by Gasteiger charge is -2.09. The molecule has 1 fully saturated rings. The first-order valence-electron chi connectivity index (χ1n) is 8.48. The summed E-state index contributed by atoms with van der Waals surface area (Å²) in [7, 11) is 0. The van der Waals surface area contributed by atoms with Crippen LogP contribution in [0.1, 0.15) is 29.7 Å². The maximum absolute atomic E-state index is 13.2. The lowest BCUT2D eigenvalue weighted by Crippen LogP contribution is -2.18. The molecule has 1 saturated heterocycles. The summed E-state index contributed by atoms with van der Waals surface area (Å²) >= 11 is 1.31. The van der Waals surface area contributed by atoms with Gasteiger partial charge in [0.2, 0.25) is 5.91 Å². The Bertz CT molecular complexity index is 748. The molecule has 1 aliphatic heterocycles. The number of rotatable bonds is 8. The van der Waals surface area contributed by atoms with E-state index >= 15 is 0 Å². The van der Waals surface area contributed by atoms with Gasteiger partial charge in [0, 0.05) is 24.1 Å². The van der Waals surface area contributed by atoms with Crippen LogP contribution < -0.4 is 5.32 Å². The van der Waals surface area contributed by atoms with Gasteiger partial charge in [-0.25, -0.2) is 13.8 Å². The number of carbonyl (C=O) groups is 1. The molecule has 0 bridgehead atoms. The first-order valence-corrected chi connectivity index (χ1v) is 9.29. The summed E-state index contributed by atoms with van der Waals surface area (Å²) in [5, 5.41) is 3.20. The van der Waals surface area contributed by atoms with Gasteiger partial charge >= 0.3 is 0 Å². The van der Waals surface area contributed by atoms with Crippen molar-refractivity contribution in [3.63, 3.8) is 0 Å². The minimum atomic E-state index is -0.872. The number of amides is 1. The summed E-state index contributed by atoms with van der Waals surface area (Å²) in [5.41, 5.74) is 0.646. The van der Waals surface area contributed by atoms with Crippen molar-refractivity contribution in [3.8, 4) is 0 Å². The fraction of sp³-hybridized carbons (Fsp3) is 0.444. The van der Waals surface area contributed by atoms with E-state index in [0.29, 0.717) is 30.3 Å². The van der Waals surface area contributed by atoms with Crippen molar-refractivity contribution in [1.82, 2.24) is 4.98 Å². The van der Waals surface area contributed by atoms with Crippen molar-refractivity contribution in [3.05, 3.63) is 46.5 Å². The Morgan fingerprint density at radius 3 is 3.04 bits per heavy atom. The van der Waals surface area contributed by atoms with E-state index in [-0.39, 0.29) is 18.4 Å². The van der Waals surface area contributed by atoms with Crippen LogP contribution in [0.2, 0.25) is 0 Å². The zero-order chi connectivity index (χ0) is 18.4. The Balaban J connectivity index is 1.40. The normalized spacial score (nSPS) is 16.8. The molecule has 0 spiro atoms. The fourth-order valence-electron chi connectivity index (χ4n) is 2.63. The number of nitrogens with zero attached hydrogens (tertiary/aromatic N) is 1. The summed E-state index contributed by atoms with van der Waals surface area (Å²) < 4.78 is 37.1. The lowest BCUT2D eigenvalue weighted by molar-refractivity contribution is -0.117. The van der Waals surface area contributed by atoms with Crippen molar-refractivity contribution >= 4 is 22.4 Å². The third-order valence-electron chi connectivity index (χ3n) is 3.96. The molecule has 0 aliphatic carbocycles. The molecule has 1 amide bonds. The average molecular weight is 382 g/mol. The molecular weight excluding hydrogens is 362 g/mol. The van der Waals surface area contributed by atoms with E-state index in [9.17, 15) is 13.6 Å². The zero-order valence-corrected chi connectivity index (χ0v) is 15.0. The minimum absolute atomic E-state index is 0.149. The van der Waals surface area contributed by atoms with Gasteiger partial charge in [0.15, 0.2) is 16.8 Å². The number of hydrogen-bond donors (Lipinski definition) is 1. The minimum Gasteiger partial charge on any atom is -0.378 e. The van der Waals surface area contributed by atoms with Crippen LogP contribution in [0.25, 0.3) is 0 Å². The van der Waals surface area contributed by atoms with E-state index in [1.807, 2.05) is 0 Å². The number of anilines is 1. The second-order valence-corrected chi connectivity index (χ2v) is 7.18. The Labute approximate surface area is 154 Å². The predicted molar refractivity (Wildman–Crippen MR) is 94.3 cm³/mol. The van der Waals surface area contributed by atoms with Gasteiger partial charge in [0.25, 0.3) is 0 Å². The highest BCUT2D eigenvalue weighted by atomic mass is 32.1. The smallest absolute Gasteiger partial charge is 0.228 e. The van der Waals surface area contributed by atoms with Gasteiger partial charge in [-0.3, -0.25) is 4.79 Å². The van der Waals surface area contributed by atoms with Crippen LogP contribution in [-0.2, 0) is 20.7 Å². The van der Waals surface area contributed by atoms with Crippen LogP contribution in [0.4, 0.5) is 13.9 Å². The second kappa shape index (κ2) is 9.16. The zero-order valence-electron chi connectivity index (χ0n) is 14.2. The molecule has 8 heteroatoms. The number of hydrogen-bond acceptors (Lipinski definition) is 5. The van der Waals surface area contributed by atoms with Gasteiger partial charge < -0.3 is 14.8 Å². The standard InChI is InChI=1S/C18H20F2N2O3S/c19-15-4-3-12(9-16(15)20)8-14-10-21-18(26-14)22-17(23)5-7-24-11-13-2-1-6-25-13/h3-4,9-10,13H,1-2,5-8,11H2,(H,21,22,23). The topological polar surface area (TPSA) is 60.5 Å². The molecule has 2 heterocycles. The molecule has 140 valence electrons. The molecule has 5 nitrogen and oxygen atoms in total. The lowest BCUT2D eigenvalue weighted by atomic mass is 10.1.